The fourth-order valence-electron chi connectivity index (χ4n) is 3.69. The molecule has 0 aliphatic carbocycles. The first-order valence-corrected chi connectivity index (χ1v) is 9.82. The maximum absolute atomic E-state index is 13.5. The summed E-state index contributed by atoms with van der Waals surface area (Å²) in [5.74, 6) is -1.34. The van der Waals surface area contributed by atoms with E-state index in [1.165, 1.54) is 6.07 Å². The topological polar surface area (TPSA) is 64.8 Å². The quantitative estimate of drug-likeness (QED) is 0.727. The normalized spacial score (nSPS) is 19.5. The molecule has 2 heterocycles. The summed E-state index contributed by atoms with van der Waals surface area (Å²) in [6.45, 7) is 1.42. The molecule has 0 saturated carbocycles. The van der Waals surface area contributed by atoms with Crippen molar-refractivity contribution in [1.82, 2.24) is 0 Å². The molecule has 0 spiro atoms. The Bertz CT molecular complexity index is 970. The highest BCUT2D eigenvalue weighted by molar-refractivity contribution is 9.10. The van der Waals surface area contributed by atoms with E-state index in [9.17, 15) is 9.18 Å². The van der Waals surface area contributed by atoms with Gasteiger partial charge in [0, 0.05) is 30.2 Å². The lowest BCUT2D eigenvalue weighted by molar-refractivity contribution is -0.168. The molecular formula is C21H20BrFN2O3. The van der Waals surface area contributed by atoms with E-state index >= 15 is 0 Å². The van der Waals surface area contributed by atoms with Crippen LogP contribution in [0.2, 0.25) is 0 Å². The van der Waals surface area contributed by atoms with Gasteiger partial charge in [-0.1, -0.05) is 12.1 Å². The molecule has 146 valence electrons. The smallest absolute Gasteiger partial charge is 0.258 e. The number of rotatable bonds is 4. The van der Waals surface area contributed by atoms with Gasteiger partial charge >= 0.3 is 0 Å². The number of benzene rings is 2. The number of amides is 1. The second-order valence-electron chi connectivity index (χ2n) is 6.82. The Morgan fingerprint density at radius 3 is 2.68 bits per heavy atom. The van der Waals surface area contributed by atoms with Crippen LogP contribution in [0.25, 0.3) is 11.6 Å². The molecule has 0 atom stereocenters. The number of halogens is 2. The summed E-state index contributed by atoms with van der Waals surface area (Å²) in [5.41, 5.74) is 9.48. The van der Waals surface area contributed by atoms with Crippen molar-refractivity contribution >= 4 is 39.2 Å². The van der Waals surface area contributed by atoms with Gasteiger partial charge in [-0.2, -0.15) is 0 Å². The lowest BCUT2D eigenvalue weighted by Crippen LogP contribution is -2.30. The zero-order chi connectivity index (χ0) is 19.9. The minimum atomic E-state index is -0.877. The third-order valence-electron chi connectivity index (χ3n) is 5.10. The first-order chi connectivity index (χ1) is 13.4. The van der Waals surface area contributed by atoms with Gasteiger partial charge in [-0.3, -0.25) is 4.79 Å². The van der Waals surface area contributed by atoms with Gasteiger partial charge in [-0.25, -0.2) is 4.39 Å². The Kier molecular flexibility index (Phi) is 5.09. The Balaban J connectivity index is 1.81. The average Bonchev–Trinajstić information content (AvgIpc) is 3.25. The van der Waals surface area contributed by atoms with E-state index in [1.54, 1.807) is 30.2 Å². The molecule has 5 nitrogen and oxygen atoms in total. The lowest BCUT2D eigenvalue weighted by atomic mass is 9.96. The second kappa shape index (κ2) is 7.40. The van der Waals surface area contributed by atoms with Crippen molar-refractivity contribution in [1.29, 1.82) is 0 Å². The van der Waals surface area contributed by atoms with E-state index in [1.807, 2.05) is 18.2 Å². The van der Waals surface area contributed by atoms with Crippen molar-refractivity contribution in [2.75, 3.05) is 31.7 Å². The van der Waals surface area contributed by atoms with Crippen LogP contribution in [0.4, 0.5) is 10.1 Å². The minimum Gasteiger partial charge on any atom is -0.343 e. The Hall–Kier alpha value is -2.06. The van der Waals surface area contributed by atoms with Crippen LogP contribution in [-0.4, -0.2) is 32.7 Å². The number of carbonyl (C=O) groups is 1. The van der Waals surface area contributed by atoms with Gasteiger partial charge in [0.15, 0.2) is 5.79 Å². The van der Waals surface area contributed by atoms with Crippen LogP contribution in [-0.2, 0) is 20.1 Å². The van der Waals surface area contributed by atoms with Crippen LogP contribution in [0.15, 0.2) is 40.9 Å². The standard InChI is InChI=1S/C21H20BrFN2O3/c1-25-19-5-3-14(21(6-7-24)27-8-9-28-21)12-15(19)16(20(25)26)10-13-2-4-18(23)17(22)11-13/h2-5,10-12H,6-9,24H2,1H3/b16-10-. The molecular weight excluding hydrogens is 427 g/mol. The molecule has 1 saturated heterocycles. The lowest BCUT2D eigenvalue weighted by Gasteiger charge is -2.28. The maximum Gasteiger partial charge on any atom is 0.258 e. The maximum atomic E-state index is 13.5. The molecule has 2 aliphatic heterocycles. The summed E-state index contributed by atoms with van der Waals surface area (Å²) in [6, 6.07) is 10.4. The Morgan fingerprint density at radius 1 is 1.25 bits per heavy atom. The van der Waals surface area contributed by atoms with Crippen molar-refractivity contribution in [3.63, 3.8) is 0 Å². The number of carbonyl (C=O) groups excluding carboxylic acids is 1. The van der Waals surface area contributed by atoms with Gasteiger partial charge in [0.1, 0.15) is 5.82 Å². The molecule has 4 rings (SSSR count). The van der Waals surface area contributed by atoms with Crippen molar-refractivity contribution in [3.05, 3.63) is 63.4 Å². The molecule has 1 fully saturated rings. The van der Waals surface area contributed by atoms with Crippen LogP contribution in [0.1, 0.15) is 23.1 Å². The predicted molar refractivity (Wildman–Crippen MR) is 109 cm³/mol. The van der Waals surface area contributed by atoms with Gasteiger partial charge in [0.2, 0.25) is 0 Å². The Morgan fingerprint density at radius 2 is 2.00 bits per heavy atom. The van der Waals surface area contributed by atoms with E-state index in [2.05, 4.69) is 15.9 Å². The van der Waals surface area contributed by atoms with Crippen LogP contribution >= 0.6 is 15.9 Å². The number of nitrogens with zero attached hydrogens (tertiary/aromatic N) is 1. The summed E-state index contributed by atoms with van der Waals surface area (Å²) in [6.07, 6.45) is 2.30. The number of likely N-dealkylation sites (N-methyl/N-ethyl adjacent to an activating group) is 1. The molecule has 2 aromatic carbocycles. The zero-order valence-corrected chi connectivity index (χ0v) is 17.0. The van der Waals surface area contributed by atoms with Gasteiger partial charge < -0.3 is 20.1 Å². The van der Waals surface area contributed by atoms with Crippen LogP contribution in [0.3, 0.4) is 0 Å². The molecule has 0 unspecified atom stereocenters. The summed E-state index contributed by atoms with van der Waals surface area (Å²) < 4.78 is 25.7. The number of ether oxygens (including phenoxy) is 2. The number of anilines is 1. The first-order valence-electron chi connectivity index (χ1n) is 9.03. The molecule has 2 aliphatic rings. The first kappa shape index (κ1) is 19.3. The van der Waals surface area contributed by atoms with Crippen LogP contribution < -0.4 is 10.6 Å². The van der Waals surface area contributed by atoms with Crippen molar-refractivity contribution in [2.24, 2.45) is 5.73 Å². The van der Waals surface area contributed by atoms with Crippen molar-refractivity contribution in [2.45, 2.75) is 12.2 Å². The van der Waals surface area contributed by atoms with E-state index < -0.39 is 5.79 Å². The minimum absolute atomic E-state index is 0.117. The van der Waals surface area contributed by atoms with Gasteiger partial charge in [-0.05, 0) is 58.4 Å². The number of hydrogen-bond acceptors (Lipinski definition) is 4. The summed E-state index contributed by atoms with van der Waals surface area (Å²) in [5, 5.41) is 0. The van der Waals surface area contributed by atoms with Crippen molar-refractivity contribution in [3.8, 4) is 0 Å². The summed E-state index contributed by atoms with van der Waals surface area (Å²) in [7, 11) is 1.74. The van der Waals surface area contributed by atoms with Crippen LogP contribution in [0.5, 0.6) is 0 Å². The fourth-order valence-corrected chi connectivity index (χ4v) is 4.09. The molecule has 1 amide bonds. The van der Waals surface area contributed by atoms with E-state index in [0.717, 1.165) is 22.4 Å². The number of fused-ring (bicyclic) bond motifs is 1. The fraction of sp³-hybridized carbons (Fsp3) is 0.286. The van der Waals surface area contributed by atoms with Gasteiger partial charge in [0.25, 0.3) is 5.91 Å². The molecule has 0 aromatic heterocycles. The monoisotopic (exact) mass is 446 g/mol. The number of nitrogens with two attached hydrogens (primary N) is 1. The summed E-state index contributed by atoms with van der Waals surface area (Å²) >= 11 is 3.19. The van der Waals surface area contributed by atoms with E-state index in [4.69, 9.17) is 15.2 Å². The van der Waals surface area contributed by atoms with Crippen molar-refractivity contribution < 1.29 is 18.7 Å². The number of hydrogen-bond donors (Lipinski definition) is 1. The third kappa shape index (κ3) is 3.18. The molecule has 7 heteroatoms. The average molecular weight is 447 g/mol. The van der Waals surface area contributed by atoms with Crippen LogP contribution in [0, 0.1) is 5.82 Å². The largest absolute Gasteiger partial charge is 0.343 e. The summed E-state index contributed by atoms with van der Waals surface area (Å²) in [4.78, 5) is 14.5. The third-order valence-corrected chi connectivity index (χ3v) is 5.71. The SMILES string of the molecule is CN1C(=O)/C(=C\c2ccc(F)c(Br)c2)c2cc(C3(CCN)OCCO3)ccc21. The highest BCUT2D eigenvalue weighted by Gasteiger charge is 2.40. The zero-order valence-electron chi connectivity index (χ0n) is 15.4. The second-order valence-corrected chi connectivity index (χ2v) is 7.67. The van der Waals surface area contributed by atoms with E-state index in [-0.39, 0.29) is 11.7 Å². The highest BCUT2D eigenvalue weighted by Crippen LogP contribution is 2.42. The molecule has 2 N–H and O–H groups in total. The highest BCUT2D eigenvalue weighted by atomic mass is 79.9. The Labute approximate surface area is 171 Å². The predicted octanol–water partition coefficient (Wildman–Crippen LogP) is 3.65. The molecule has 28 heavy (non-hydrogen) atoms. The van der Waals surface area contributed by atoms with Gasteiger partial charge in [0.05, 0.1) is 23.4 Å². The molecule has 0 radical (unpaired) electrons. The van der Waals surface area contributed by atoms with E-state index in [0.29, 0.717) is 36.2 Å². The molecule has 2 aromatic rings. The van der Waals surface area contributed by atoms with Gasteiger partial charge in [-0.15, -0.1) is 0 Å². The molecule has 0 bridgehead atoms.